The Labute approximate surface area is 628 Å². The van der Waals surface area contributed by atoms with E-state index in [1.54, 1.807) is 76.2 Å². The lowest BCUT2D eigenvalue weighted by atomic mass is 9.89. The van der Waals surface area contributed by atoms with Crippen LogP contribution in [-0.4, -0.2) is 172 Å². The molecule has 0 radical (unpaired) electrons. The summed E-state index contributed by atoms with van der Waals surface area (Å²) in [6.45, 7) is 35.7. The van der Waals surface area contributed by atoms with Crippen molar-refractivity contribution < 1.29 is 116 Å². The Hall–Kier alpha value is -9.52. The van der Waals surface area contributed by atoms with E-state index in [4.69, 9.17) is 44.7 Å². The Morgan fingerprint density at radius 1 is 0.495 bits per heavy atom. The number of cyclic esters (lactones) is 2. The first-order chi connectivity index (χ1) is 48.7. The maximum absolute atomic E-state index is 12.3. The number of nitrogens with two attached hydrogens (primary N) is 1. The van der Waals surface area contributed by atoms with Gasteiger partial charge in [-0.25, -0.2) is 28.7 Å². The number of aliphatic carboxylic acids is 2. The van der Waals surface area contributed by atoms with Crippen LogP contribution in [-0.2, 0) is 106 Å². The zero-order chi connectivity index (χ0) is 82.5. The van der Waals surface area contributed by atoms with Gasteiger partial charge in [-0.2, -0.15) is 0 Å². The summed E-state index contributed by atoms with van der Waals surface area (Å²) in [7, 11) is 0. The molecule has 5 N–H and O–H groups in total. The molecule has 1 aliphatic rings. The molecule has 0 amide bonds. The maximum atomic E-state index is 12.3. The molecule has 1 fully saturated rings. The minimum absolute atomic E-state index is 0. The highest BCUT2D eigenvalue weighted by Gasteiger charge is 2.33. The third-order valence-corrected chi connectivity index (χ3v) is 14.6. The molecule has 606 valence electrons. The first kappa shape index (κ1) is 102. The number of rotatable bonds is 34. The van der Waals surface area contributed by atoms with Crippen LogP contribution in [0.1, 0.15) is 206 Å². The highest BCUT2D eigenvalue weighted by molar-refractivity contribution is 5.93. The molecular formula is C69H111ClN10O27. The van der Waals surface area contributed by atoms with Crippen LogP contribution in [0.15, 0.2) is 18.6 Å². The van der Waals surface area contributed by atoms with Gasteiger partial charge in [-0.3, -0.25) is 57.5 Å². The van der Waals surface area contributed by atoms with Crippen molar-refractivity contribution in [2.24, 2.45) is 47.2 Å². The quantitative estimate of drug-likeness (QED) is 0.0142. The average Bonchev–Trinajstić information content (AvgIpc) is 1.23. The molecule has 0 aromatic carbocycles. The van der Waals surface area contributed by atoms with Crippen molar-refractivity contribution in [3.8, 4) is 0 Å². The van der Waals surface area contributed by atoms with Crippen LogP contribution in [0.2, 0.25) is 0 Å². The zero-order valence-corrected chi connectivity index (χ0v) is 65.8. The Kier molecular flexibility index (Phi) is 46.9. The molecule has 0 unspecified atom stereocenters. The minimum atomic E-state index is -1.03. The second-order valence-electron chi connectivity index (χ2n) is 28.6. The fraction of sp³-hybridized carbons (Fsp3) is 0.696. The van der Waals surface area contributed by atoms with Gasteiger partial charge in [0.05, 0.1) is 56.5 Å². The van der Waals surface area contributed by atoms with Crippen molar-refractivity contribution in [1.29, 1.82) is 0 Å². The van der Waals surface area contributed by atoms with E-state index in [-0.39, 0.29) is 187 Å². The normalized spacial score (nSPS) is 12.8. The van der Waals surface area contributed by atoms with E-state index in [1.807, 2.05) is 62.3 Å². The van der Waals surface area contributed by atoms with Crippen molar-refractivity contribution in [2.45, 2.75) is 252 Å². The number of ketones is 3. The van der Waals surface area contributed by atoms with Crippen LogP contribution < -0.4 is 5.73 Å². The number of Topliss-reactive ketones (excluding diaryl/α,β-unsaturated/α-hetero) is 3. The largest absolute Gasteiger partial charge is 0.481 e. The molecule has 0 bridgehead atoms. The monoisotopic (exact) mass is 1550 g/mol. The number of halogens is 1. The van der Waals surface area contributed by atoms with Crippen molar-refractivity contribution in [2.75, 3.05) is 19.8 Å². The number of carbonyl (C=O) groups is 12. The number of carboxylic acids is 2. The van der Waals surface area contributed by atoms with Crippen LogP contribution in [0, 0.1) is 92.5 Å². The average molecular weight is 1550 g/mol. The molecular weight excluding hydrogens is 1440 g/mol. The Bertz CT molecular complexity index is 3430. The molecule has 1 aliphatic heterocycles. The fourth-order valence-electron chi connectivity index (χ4n) is 8.77. The lowest BCUT2D eigenvalue weighted by molar-refractivity contribution is -0.392. The van der Waals surface area contributed by atoms with Gasteiger partial charge in [0.2, 0.25) is 0 Å². The number of nitro groups is 3. The van der Waals surface area contributed by atoms with Crippen LogP contribution >= 0.6 is 12.4 Å². The number of imidazole rings is 3. The number of hydrogen-bond donors (Lipinski definition) is 4. The van der Waals surface area contributed by atoms with E-state index in [1.165, 1.54) is 19.9 Å². The van der Waals surface area contributed by atoms with Crippen molar-refractivity contribution in [3.63, 3.8) is 0 Å². The predicted octanol–water partition coefficient (Wildman–Crippen LogP) is 8.83. The number of ether oxygens (including phenoxy) is 6. The fourth-order valence-corrected chi connectivity index (χ4v) is 8.77. The number of esters is 7. The van der Waals surface area contributed by atoms with Crippen LogP contribution in [0.5, 0.6) is 0 Å². The lowest BCUT2D eigenvalue weighted by Crippen LogP contribution is -2.40. The molecule has 3 aromatic rings. The summed E-state index contributed by atoms with van der Waals surface area (Å²) in [4.78, 5) is 178. The van der Waals surface area contributed by atoms with Crippen LogP contribution in [0.25, 0.3) is 0 Å². The van der Waals surface area contributed by atoms with Gasteiger partial charge in [-0.1, -0.05) is 55.4 Å². The molecule has 37 nitrogen and oxygen atoms in total. The van der Waals surface area contributed by atoms with Crippen molar-refractivity contribution in [3.05, 3.63) is 66.4 Å². The van der Waals surface area contributed by atoms with E-state index < -0.39 is 103 Å². The summed E-state index contributed by atoms with van der Waals surface area (Å²) in [5.74, 6) is -7.01. The molecule has 4 heterocycles. The predicted molar refractivity (Wildman–Crippen MR) is 385 cm³/mol. The number of carboxylic acid groups (broad SMARTS) is 2. The van der Waals surface area contributed by atoms with E-state index >= 15 is 0 Å². The lowest BCUT2D eigenvalue weighted by Gasteiger charge is -2.25. The first-order valence-corrected chi connectivity index (χ1v) is 34.3. The molecule has 1 saturated heterocycles. The smallest absolute Gasteiger partial charge is 0.342 e. The van der Waals surface area contributed by atoms with Crippen molar-refractivity contribution >= 4 is 101 Å². The van der Waals surface area contributed by atoms with Gasteiger partial charge in [0.15, 0.2) is 17.5 Å². The molecule has 4 atom stereocenters. The Morgan fingerprint density at radius 3 is 1.03 bits per heavy atom. The number of aliphatic hydroxyl groups is 1. The number of aliphatic hydroxyl groups excluding tert-OH is 1. The van der Waals surface area contributed by atoms with Gasteiger partial charge in [0.1, 0.15) is 91.6 Å². The SMILES string of the molecule is CC(C)[C@H](CC(=O)CCC(=O)O)C(=O)OC(C)(C)C.CC(C)[C@H](N)C(=O)OC(C)(C)C.Cc1ncc([N+](=O)[O-])n1CCO.Cc1ncc([N+](=O)[O-])n1CCOC(=O)CCC(=O)C[C@H](C(=O)O)C(C)C.Cc1ncc([N+](=O)[O-])n1CCOC(=O)CCC(=O)C[C@H](C(=O)OC(C)(C)C)C(C)C.Cl.O=C1CCC(=O)O1. The number of aromatic nitrogens is 6. The molecule has 38 heteroatoms. The molecule has 107 heavy (non-hydrogen) atoms. The summed E-state index contributed by atoms with van der Waals surface area (Å²) >= 11 is 0. The number of carbonyl (C=O) groups excluding carboxylic acids is 10. The van der Waals surface area contributed by atoms with Gasteiger partial charge in [0.25, 0.3) is 0 Å². The highest BCUT2D eigenvalue weighted by atomic mass is 35.5. The topological polar surface area (TPSA) is 530 Å². The molecule has 0 spiro atoms. The third kappa shape index (κ3) is 44.3. The molecule has 0 saturated carbocycles. The summed E-state index contributed by atoms with van der Waals surface area (Å²) in [5, 5.41) is 58.3. The maximum Gasteiger partial charge on any atom is 0.342 e. The Balaban J connectivity index is -0.00000128. The summed E-state index contributed by atoms with van der Waals surface area (Å²) in [6, 6.07) is -0.510. The first-order valence-electron chi connectivity index (χ1n) is 34.3. The van der Waals surface area contributed by atoms with E-state index in [0.717, 1.165) is 12.4 Å². The van der Waals surface area contributed by atoms with Crippen molar-refractivity contribution in [1.82, 2.24) is 28.7 Å². The third-order valence-electron chi connectivity index (χ3n) is 14.6. The van der Waals surface area contributed by atoms with E-state index in [9.17, 15) is 87.9 Å². The second-order valence-corrected chi connectivity index (χ2v) is 28.6. The molecule has 4 rings (SSSR count). The van der Waals surface area contributed by atoms with Gasteiger partial charge < -0.3 is 79.8 Å². The Morgan fingerprint density at radius 2 is 0.785 bits per heavy atom. The second kappa shape index (κ2) is 49.4. The zero-order valence-electron chi connectivity index (χ0n) is 65.0. The number of nitrogens with zero attached hydrogens (tertiary/aromatic N) is 9. The molecule has 0 aliphatic carbocycles. The standard InChI is InChI=1S/C20H31N3O7.C16H23N3O7.C14H24O5.C9H19NO2.C6H9N3O3.C4H4O3.ClH/c1-13(2)16(19(26)30-20(4,5)6)11-15(24)7-8-18(25)29-10-9-22-14(3)21-12-17(22)23(27)28;1-10(2)13(16(22)23)8-12(20)4-5-15(21)26-7-6-18-11(3)17-9-14(18)19(24)25;1-9(2)11(13(18)19-14(3,4)5)8-10(15)6-7-12(16)17;1-6(2)7(10)8(11)12-9(3,4)5;1-5-7-4-6(9(11)12)8(5)2-3-10;5-3-1-2-4(6)7-3;/h12-13,16H,7-11H2,1-6H3;9-10,13H,4-8H2,1-3H3,(H,22,23);9,11H,6-8H2,1-5H3,(H,16,17);6-7H,10H2,1-5H3;4,10H,2-3H2,1H3;1-2H2;1H/t16-;13-;11-;7-;;;/m0000.../s1. The van der Waals surface area contributed by atoms with Crippen LogP contribution in [0.4, 0.5) is 17.5 Å². The number of aryl methyl sites for hydroxylation is 3. The summed E-state index contributed by atoms with van der Waals surface area (Å²) in [6.07, 6.45) is 3.24. The van der Waals surface area contributed by atoms with Gasteiger partial charge >= 0.3 is 71.2 Å². The van der Waals surface area contributed by atoms with Gasteiger partial charge in [-0.05, 0) is 101 Å². The summed E-state index contributed by atoms with van der Waals surface area (Å²) in [5.41, 5.74) is 3.92. The summed E-state index contributed by atoms with van der Waals surface area (Å²) < 4.78 is 33.9. The van der Waals surface area contributed by atoms with Crippen LogP contribution in [0.3, 0.4) is 0 Å². The highest BCUT2D eigenvalue weighted by Crippen LogP contribution is 2.25. The molecule has 3 aromatic heterocycles. The van der Waals surface area contributed by atoms with E-state index in [2.05, 4.69) is 19.7 Å². The van der Waals surface area contributed by atoms with E-state index in [0.29, 0.717) is 17.5 Å². The minimum Gasteiger partial charge on any atom is -0.481 e. The van der Waals surface area contributed by atoms with Gasteiger partial charge in [-0.15, -0.1) is 12.4 Å². The number of hydrogen-bond acceptors (Lipinski definition) is 29. The van der Waals surface area contributed by atoms with Gasteiger partial charge in [0, 0.05) is 59.3 Å².